The second kappa shape index (κ2) is 6.94. The van der Waals surface area contributed by atoms with E-state index in [9.17, 15) is 14.7 Å². The lowest BCUT2D eigenvalue weighted by atomic mass is 10.1. The number of hydrogen-bond acceptors (Lipinski definition) is 6. The van der Waals surface area contributed by atoms with Crippen molar-refractivity contribution >= 4 is 27.5 Å². The molecule has 3 aromatic heterocycles. The molecule has 0 aliphatic rings. The molecule has 27 heavy (non-hydrogen) atoms. The lowest BCUT2D eigenvalue weighted by molar-refractivity contribution is 0.0312. The van der Waals surface area contributed by atoms with Crippen molar-refractivity contribution in [2.75, 3.05) is 0 Å². The minimum absolute atomic E-state index is 0.233. The van der Waals surface area contributed by atoms with Gasteiger partial charge in [-0.25, -0.2) is 9.78 Å². The van der Waals surface area contributed by atoms with Gasteiger partial charge in [-0.3, -0.25) is 4.79 Å². The van der Waals surface area contributed by atoms with E-state index >= 15 is 0 Å². The van der Waals surface area contributed by atoms with Gasteiger partial charge >= 0.3 is 5.97 Å². The van der Waals surface area contributed by atoms with Crippen LogP contribution in [-0.2, 0) is 4.74 Å². The number of ether oxygens (including phenoxy) is 1. The van der Waals surface area contributed by atoms with E-state index in [0.717, 1.165) is 16.1 Å². The molecule has 0 aliphatic heterocycles. The summed E-state index contributed by atoms with van der Waals surface area (Å²) < 4.78 is 5.51. The predicted molar refractivity (Wildman–Crippen MR) is 104 cm³/mol. The molecule has 0 bridgehead atoms. The number of aromatic amines is 2. The number of rotatable bonds is 4. The van der Waals surface area contributed by atoms with Gasteiger partial charge in [-0.15, -0.1) is 11.3 Å². The largest absolute Gasteiger partial charge is 0.450 e. The number of nitrogens with zero attached hydrogens (tertiary/aromatic N) is 1. The van der Waals surface area contributed by atoms with Crippen LogP contribution in [0.4, 0.5) is 0 Å². The second-order valence-corrected chi connectivity index (χ2v) is 8.00. The summed E-state index contributed by atoms with van der Waals surface area (Å²) >= 11 is 1.45. The maximum absolute atomic E-state index is 12.6. The van der Waals surface area contributed by atoms with Crippen molar-refractivity contribution in [1.29, 1.82) is 0 Å². The summed E-state index contributed by atoms with van der Waals surface area (Å²) in [4.78, 5) is 36.8. The van der Waals surface area contributed by atoms with Crippen LogP contribution in [0.3, 0.4) is 0 Å². The molecule has 144 valence electrons. The van der Waals surface area contributed by atoms with Gasteiger partial charge in [-0.05, 0) is 52.7 Å². The molecule has 0 saturated carbocycles. The second-order valence-electron chi connectivity index (χ2n) is 6.80. The van der Waals surface area contributed by atoms with E-state index in [1.165, 1.54) is 11.3 Å². The van der Waals surface area contributed by atoms with Crippen LogP contribution >= 0.6 is 11.3 Å². The first-order valence-electron chi connectivity index (χ1n) is 8.69. The topological polar surface area (TPSA) is 108 Å². The van der Waals surface area contributed by atoms with Crippen molar-refractivity contribution in [2.24, 2.45) is 0 Å². The molecule has 0 amide bonds. The Morgan fingerprint density at radius 2 is 1.81 bits per heavy atom. The number of nitrogens with one attached hydrogen (secondary N) is 2. The molecule has 2 atom stereocenters. The summed E-state index contributed by atoms with van der Waals surface area (Å²) in [6.07, 6.45) is -1.42. The van der Waals surface area contributed by atoms with Gasteiger partial charge < -0.3 is 19.8 Å². The fourth-order valence-corrected chi connectivity index (χ4v) is 4.37. The Bertz CT molecular complexity index is 1090. The first kappa shape index (κ1) is 19.3. The molecule has 7 nitrogen and oxygen atoms in total. The maximum Gasteiger partial charge on any atom is 0.355 e. The van der Waals surface area contributed by atoms with Gasteiger partial charge in [-0.1, -0.05) is 0 Å². The van der Waals surface area contributed by atoms with Gasteiger partial charge in [0.05, 0.1) is 11.5 Å². The van der Waals surface area contributed by atoms with Gasteiger partial charge in [0, 0.05) is 16.1 Å². The number of carbonyl (C=O) groups excluding carboxylic acids is 1. The number of esters is 1. The fraction of sp³-hybridized carbons (Fsp3) is 0.421. The normalized spacial score (nSPS) is 13.7. The van der Waals surface area contributed by atoms with Gasteiger partial charge in [0.25, 0.3) is 5.56 Å². The SMILES string of the molecule is Cc1[nH]c(C(=O)O[C@@H](C)c2nc3sc(C)c(C)c3c(=O)[nH]2)c(C)c1[C@@H](C)O. The highest BCUT2D eigenvalue weighted by molar-refractivity contribution is 7.18. The molecule has 3 aromatic rings. The fourth-order valence-electron chi connectivity index (χ4n) is 3.33. The average molecular weight is 389 g/mol. The molecule has 0 unspecified atom stereocenters. The average Bonchev–Trinajstić information content (AvgIpc) is 3.03. The molecule has 0 aliphatic carbocycles. The molecule has 0 radical (unpaired) electrons. The zero-order valence-electron chi connectivity index (χ0n) is 16.2. The van der Waals surface area contributed by atoms with E-state index < -0.39 is 18.2 Å². The molecule has 0 aromatic carbocycles. The molecule has 0 saturated heterocycles. The maximum atomic E-state index is 12.6. The van der Waals surface area contributed by atoms with Gasteiger partial charge in [-0.2, -0.15) is 0 Å². The number of aromatic nitrogens is 3. The molecular weight excluding hydrogens is 366 g/mol. The molecule has 8 heteroatoms. The van der Waals surface area contributed by atoms with Crippen LogP contribution in [0.1, 0.15) is 69.6 Å². The zero-order valence-corrected chi connectivity index (χ0v) is 17.0. The van der Waals surface area contributed by atoms with Crippen molar-refractivity contribution < 1.29 is 14.6 Å². The summed E-state index contributed by atoms with van der Waals surface area (Å²) in [5.41, 5.74) is 3.04. The Hall–Kier alpha value is -2.45. The quantitative estimate of drug-likeness (QED) is 0.592. The molecular formula is C19H23N3O4S. The summed E-state index contributed by atoms with van der Waals surface area (Å²) in [5.74, 6) is -0.255. The minimum atomic E-state index is -0.727. The zero-order chi connectivity index (χ0) is 20.0. The highest BCUT2D eigenvalue weighted by atomic mass is 32.1. The van der Waals surface area contributed by atoms with E-state index in [4.69, 9.17) is 4.74 Å². The van der Waals surface area contributed by atoms with Crippen LogP contribution in [0.2, 0.25) is 0 Å². The van der Waals surface area contributed by atoms with Crippen molar-refractivity contribution in [2.45, 2.75) is 53.8 Å². The van der Waals surface area contributed by atoms with Crippen LogP contribution in [0.25, 0.3) is 10.2 Å². The van der Waals surface area contributed by atoms with E-state index in [1.54, 1.807) is 27.7 Å². The molecule has 0 spiro atoms. The van der Waals surface area contributed by atoms with E-state index in [-0.39, 0.29) is 5.56 Å². The standard InChI is InChI=1S/C19H23N3O4S/c1-7-12(6)27-18-14(7)17(24)21-16(22-18)11(5)26-19(25)15-8(2)13(10(4)23)9(3)20-15/h10-11,20,23H,1-6H3,(H,21,22,24)/t10-,11+/m1/s1. The van der Waals surface area contributed by atoms with Crippen molar-refractivity contribution in [3.63, 3.8) is 0 Å². The highest BCUT2D eigenvalue weighted by Gasteiger charge is 2.24. The number of carbonyl (C=O) groups is 1. The van der Waals surface area contributed by atoms with Crippen LogP contribution in [0.15, 0.2) is 4.79 Å². The van der Waals surface area contributed by atoms with Crippen molar-refractivity contribution in [1.82, 2.24) is 15.0 Å². The lowest BCUT2D eigenvalue weighted by Crippen LogP contribution is -2.17. The Morgan fingerprint density at radius 3 is 2.41 bits per heavy atom. The third-order valence-corrected chi connectivity index (χ3v) is 5.94. The number of aryl methyl sites for hydroxylation is 3. The molecule has 3 rings (SSSR count). The number of H-pyrrole nitrogens is 2. The first-order chi connectivity index (χ1) is 12.6. The van der Waals surface area contributed by atoms with Crippen LogP contribution in [-0.4, -0.2) is 26.0 Å². The highest BCUT2D eigenvalue weighted by Crippen LogP contribution is 2.28. The molecule has 3 heterocycles. The van der Waals surface area contributed by atoms with Crippen molar-refractivity contribution in [3.8, 4) is 0 Å². The number of thiophene rings is 1. The van der Waals surface area contributed by atoms with E-state index in [0.29, 0.717) is 32.9 Å². The number of hydrogen-bond donors (Lipinski definition) is 3. The first-order valence-corrected chi connectivity index (χ1v) is 9.51. The van der Waals surface area contributed by atoms with Gasteiger partial charge in [0.2, 0.25) is 0 Å². The number of aliphatic hydroxyl groups excluding tert-OH is 1. The third-order valence-electron chi connectivity index (χ3n) is 4.84. The number of fused-ring (bicyclic) bond motifs is 1. The summed E-state index contributed by atoms with van der Waals surface area (Å²) in [6.45, 7) is 10.7. The van der Waals surface area contributed by atoms with Gasteiger partial charge in [0.1, 0.15) is 10.5 Å². The van der Waals surface area contributed by atoms with Crippen LogP contribution in [0.5, 0.6) is 0 Å². The monoisotopic (exact) mass is 389 g/mol. The smallest absolute Gasteiger partial charge is 0.355 e. The molecule has 0 fully saturated rings. The van der Waals surface area contributed by atoms with E-state index in [1.807, 2.05) is 13.8 Å². The van der Waals surface area contributed by atoms with Gasteiger partial charge in [0.15, 0.2) is 11.9 Å². The third kappa shape index (κ3) is 3.30. The Balaban J connectivity index is 1.91. The summed E-state index contributed by atoms with van der Waals surface area (Å²) in [5, 5.41) is 10.5. The van der Waals surface area contributed by atoms with E-state index in [2.05, 4.69) is 15.0 Å². The van der Waals surface area contributed by atoms with Crippen molar-refractivity contribution in [3.05, 3.63) is 49.1 Å². The summed E-state index contributed by atoms with van der Waals surface area (Å²) in [6, 6.07) is 0. The summed E-state index contributed by atoms with van der Waals surface area (Å²) in [7, 11) is 0. The lowest BCUT2D eigenvalue weighted by Gasteiger charge is -2.12. The van der Waals surface area contributed by atoms with Crippen LogP contribution in [0, 0.1) is 27.7 Å². The Labute approximate surface area is 160 Å². The molecule has 3 N–H and O–H groups in total. The van der Waals surface area contributed by atoms with Crippen LogP contribution < -0.4 is 5.56 Å². The Kier molecular flexibility index (Phi) is 4.96. The number of aliphatic hydroxyl groups is 1. The minimum Gasteiger partial charge on any atom is -0.450 e. The Morgan fingerprint density at radius 1 is 1.15 bits per heavy atom. The predicted octanol–water partition coefficient (Wildman–Crippen LogP) is 3.52.